The Morgan fingerprint density at radius 1 is 1.50 bits per heavy atom. The number of aliphatic hydroxyl groups is 1. The first kappa shape index (κ1) is 15.0. The third-order valence-electron chi connectivity index (χ3n) is 2.41. The Bertz CT molecular complexity index is 396. The van der Waals surface area contributed by atoms with Crippen molar-refractivity contribution in [2.24, 2.45) is 0 Å². The Morgan fingerprint density at radius 3 is 2.94 bits per heavy atom. The second kappa shape index (κ2) is 8.11. The molecule has 0 aromatic heterocycles. The van der Waals surface area contributed by atoms with Crippen LogP contribution in [0.5, 0.6) is 5.75 Å². The zero-order valence-corrected chi connectivity index (χ0v) is 12.0. The van der Waals surface area contributed by atoms with Crippen molar-refractivity contribution in [1.82, 2.24) is 5.32 Å². The Labute approximate surface area is 115 Å². The minimum atomic E-state index is -0.128. The molecule has 0 atom stereocenters. The highest BCUT2D eigenvalue weighted by Crippen LogP contribution is 2.22. The fraction of sp³-hybridized carbons (Fsp3) is 0.462. The third-order valence-corrected chi connectivity index (χ3v) is 3.18. The smallest absolute Gasteiger partial charge is 0.257 e. The average Bonchev–Trinajstić information content (AvgIpc) is 2.38. The van der Waals surface area contributed by atoms with Crippen LogP contribution in [-0.4, -0.2) is 24.2 Å². The number of unbranched alkanes of at least 4 members (excludes halogenated alkanes) is 1. The van der Waals surface area contributed by atoms with E-state index in [1.807, 2.05) is 0 Å². The van der Waals surface area contributed by atoms with Gasteiger partial charge in [0.05, 0.1) is 6.61 Å². The summed E-state index contributed by atoms with van der Waals surface area (Å²) in [4.78, 5) is 11.4. The van der Waals surface area contributed by atoms with E-state index in [-0.39, 0.29) is 19.1 Å². The van der Waals surface area contributed by atoms with Crippen molar-refractivity contribution in [2.45, 2.75) is 26.4 Å². The van der Waals surface area contributed by atoms with Crippen LogP contribution >= 0.6 is 15.9 Å². The van der Waals surface area contributed by atoms with Gasteiger partial charge >= 0.3 is 0 Å². The van der Waals surface area contributed by atoms with Crippen LogP contribution in [-0.2, 0) is 11.4 Å². The lowest BCUT2D eigenvalue weighted by Crippen LogP contribution is -2.29. The van der Waals surface area contributed by atoms with E-state index >= 15 is 0 Å². The van der Waals surface area contributed by atoms with Crippen molar-refractivity contribution < 1.29 is 14.6 Å². The molecule has 1 aromatic rings. The summed E-state index contributed by atoms with van der Waals surface area (Å²) in [7, 11) is 0. The number of halogens is 1. The van der Waals surface area contributed by atoms with Crippen molar-refractivity contribution in [3.8, 4) is 5.75 Å². The van der Waals surface area contributed by atoms with E-state index in [0.717, 1.165) is 22.9 Å². The van der Waals surface area contributed by atoms with Gasteiger partial charge in [0.1, 0.15) is 5.75 Å². The number of hydrogen-bond donors (Lipinski definition) is 2. The fourth-order valence-electron chi connectivity index (χ4n) is 1.37. The van der Waals surface area contributed by atoms with E-state index in [2.05, 4.69) is 28.2 Å². The molecule has 0 spiro atoms. The molecular weight excluding hydrogens is 298 g/mol. The van der Waals surface area contributed by atoms with E-state index < -0.39 is 0 Å². The zero-order valence-electron chi connectivity index (χ0n) is 10.4. The molecule has 5 heteroatoms. The highest BCUT2D eigenvalue weighted by atomic mass is 79.9. The molecule has 0 fully saturated rings. The molecule has 0 aliphatic rings. The number of benzene rings is 1. The van der Waals surface area contributed by atoms with Crippen LogP contribution in [0.1, 0.15) is 25.3 Å². The maximum Gasteiger partial charge on any atom is 0.257 e. The lowest BCUT2D eigenvalue weighted by molar-refractivity contribution is -0.123. The van der Waals surface area contributed by atoms with Crippen LogP contribution in [0, 0.1) is 0 Å². The number of aliphatic hydroxyl groups excluding tert-OH is 1. The average molecular weight is 316 g/mol. The van der Waals surface area contributed by atoms with Crippen LogP contribution in [0.15, 0.2) is 22.7 Å². The van der Waals surface area contributed by atoms with Crippen molar-refractivity contribution in [2.75, 3.05) is 13.2 Å². The SMILES string of the molecule is CCCCNC(=O)COc1ccc(Br)c(CO)c1. The summed E-state index contributed by atoms with van der Waals surface area (Å²) in [6.07, 6.45) is 2.02. The molecule has 2 N–H and O–H groups in total. The summed E-state index contributed by atoms with van der Waals surface area (Å²) in [5, 5.41) is 11.9. The van der Waals surface area contributed by atoms with Gasteiger partial charge in [-0.15, -0.1) is 0 Å². The monoisotopic (exact) mass is 315 g/mol. The van der Waals surface area contributed by atoms with Gasteiger partial charge in [0, 0.05) is 11.0 Å². The summed E-state index contributed by atoms with van der Waals surface area (Å²) in [5.41, 5.74) is 0.735. The number of carbonyl (C=O) groups excluding carboxylic acids is 1. The summed E-state index contributed by atoms with van der Waals surface area (Å²) < 4.78 is 6.18. The topological polar surface area (TPSA) is 58.6 Å². The van der Waals surface area contributed by atoms with Gasteiger partial charge in [-0.1, -0.05) is 29.3 Å². The van der Waals surface area contributed by atoms with E-state index in [4.69, 9.17) is 9.84 Å². The number of hydrogen-bond acceptors (Lipinski definition) is 3. The maximum absolute atomic E-state index is 11.4. The van der Waals surface area contributed by atoms with Crippen molar-refractivity contribution in [1.29, 1.82) is 0 Å². The molecule has 0 aliphatic carbocycles. The van der Waals surface area contributed by atoms with Gasteiger partial charge in [-0.2, -0.15) is 0 Å². The largest absolute Gasteiger partial charge is 0.484 e. The number of ether oxygens (including phenoxy) is 1. The summed E-state index contributed by atoms with van der Waals surface area (Å²) in [6.45, 7) is 2.68. The van der Waals surface area contributed by atoms with Crippen LogP contribution in [0.4, 0.5) is 0 Å². The summed E-state index contributed by atoms with van der Waals surface area (Å²) in [6, 6.07) is 5.25. The first-order chi connectivity index (χ1) is 8.67. The molecule has 1 rings (SSSR count). The highest BCUT2D eigenvalue weighted by molar-refractivity contribution is 9.10. The van der Waals surface area contributed by atoms with Crippen molar-refractivity contribution in [3.05, 3.63) is 28.2 Å². The molecule has 0 heterocycles. The lowest BCUT2D eigenvalue weighted by Gasteiger charge is -2.09. The van der Waals surface area contributed by atoms with Gasteiger partial charge < -0.3 is 15.2 Å². The van der Waals surface area contributed by atoms with Crippen molar-refractivity contribution in [3.63, 3.8) is 0 Å². The van der Waals surface area contributed by atoms with Gasteiger partial charge in [-0.05, 0) is 30.2 Å². The van der Waals surface area contributed by atoms with E-state index in [0.29, 0.717) is 12.3 Å². The second-order valence-electron chi connectivity index (χ2n) is 3.90. The summed E-state index contributed by atoms with van der Waals surface area (Å²) >= 11 is 3.32. The Hall–Kier alpha value is -1.07. The molecule has 0 bridgehead atoms. The standard InChI is InChI=1S/C13H18BrNO3/c1-2-3-6-15-13(17)9-18-11-4-5-12(14)10(7-11)8-16/h4-5,7,16H,2-3,6,8-9H2,1H3,(H,15,17). The predicted molar refractivity (Wildman–Crippen MR) is 73.5 cm³/mol. The Kier molecular flexibility index (Phi) is 6.75. The summed E-state index contributed by atoms with van der Waals surface area (Å²) in [5.74, 6) is 0.449. The third kappa shape index (κ3) is 5.06. The van der Waals surface area contributed by atoms with E-state index in [1.54, 1.807) is 18.2 Å². The molecule has 0 saturated heterocycles. The number of rotatable bonds is 7. The van der Waals surface area contributed by atoms with Crippen molar-refractivity contribution >= 4 is 21.8 Å². The van der Waals surface area contributed by atoms with Gasteiger partial charge in [-0.25, -0.2) is 0 Å². The Morgan fingerprint density at radius 2 is 2.28 bits per heavy atom. The molecule has 18 heavy (non-hydrogen) atoms. The fourth-order valence-corrected chi connectivity index (χ4v) is 1.74. The molecule has 0 unspecified atom stereocenters. The predicted octanol–water partition coefficient (Wildman–Crippen LogP) is 2.24. The molecular formula is C13H18BrNO3. The number of amides is 1. The number of nitrogens with one attached hydrogen (secondary N) is 1. The Balaban J connectivity index is 2.41. The van der Waals surface area contributed by atoms with Crippen LogP contribution < -0.4 is 10.1 Å². The highest BCUT2D eigenvalue weighted by Gasteiger charge is 2.04. The zero-order chi connectivity index (χ0) is 13.4. The van der Waals surface area contributed by atoms with Gasteiger partial charge in [0.2, 0.25) is 0 Å². The second-order valence-corrected chi connectivity index (χ2v) is 4.76. The molecule has 0 saturated carbocycles. The number of carbonyl (C=O) groups is 1. The molecule has 100 valence electrons. The minimum absolute atomic E-state index is 0.00375. The van der Waals surface area contributed by atoms with Crippen LogP contribution in [0.25, 0.3) is 0 Å². The van der Waals surface area contributed by atoms with Crippen LogP contribution in [0.3, 0.4) is 0 Å². The minimum Gasteiger partial charge on any atom is -0.484 e. The quantitative estimate of drug-likeness (QED) is 0.759. The molecule has 1 aromatic carbocycles. The van der Waals surface area contributed by atoms with Gasteiger partial charge in [0.25, 0.3) is 5.91 Å². The molecule has 0 radical (unpaired) electrons. The van der Waals surface area contributed by atoms with Crippen LogP contribution in [0.2, 0.25) is 0 Å². The van der Waals surface area contributed by atoms with Gasteiger partial charge in [0.15, 0.2) is 6.61 Å². The van der Waals surface area contributed by atoms with Gasteiger partial charge in [-0.3, -0.25) is 4.79 Å². The molecule has 1 amide bonds. The normalized spacial score (nSPS) is 10.2. The first-order valence-corrected chi connectivity index (χ1v) is 6.75. The first-order valence-electron chi connectivity index (χ1n) is 5.96. The van der Waals surface area contributed by atoms with E-state index in [9.17, 15) is 4.79 Å². The molecule has 4 nitrogen and oxygen atoms in total. The van der Waals surface area contributed by atoms with E-state index in [1.165, 1.54) is 0 Å². The maximum atomic E-state index is 11.4. The lowest BCUT2D eigenvalue weighted by atomic mass is 10.2. The molecule has 0 aliphatic heterocycles.